The van der Waals surface area contributed by atoms with Crippen LogP contribution in [0, 0.1) is 0 Å². The number of unbranched alkanes of at least 4 members (excludes halogenated alkanes) is 39. The maximum Gasteiger partial charge on any atom is 0.305 e. The lowest BCUT2D eigenvalue weighted by Crippen LogP contribution is -2.45. The van der Waals surface area contributed by atoms with Crippen LogP contribution in [0.25, 0.3) is 0 Å². The van der Waals surface area contributed by atoms with Gasteiger partial charge in [0.2, 0.25) is 5.91 Å². The van der Waals surface area contributed by atoms with Gasteiger partial charge in [-0.25, -0.2) is 0 Å². The maximum absolute atomic E-state index is 12.4. The molecule has 60 heavy (non-hydrogen) atoms. The van der Waals surface area contributed by atoms with Crippen molar-refractivity contribution >= 4 is 11.9 Å². The average molecular weight is 848 g/mol. The van der Waals surface area contributed by atoms with Crippen LogP contribution in [-0.2, 0) is 14.3 Å². The van der Waals surface area contributed by atoms with Crippen molar-refractivity contribution in [2.75, 3.05) is 13.2 Å². The molecule has 0 radical (unpaired) electrons. The van der Waals surface area contributed by atoms with Crippen LogP contribution < -0.4 is 5.32 Å². The SMILES string of the molecule is CCCCCCCCCCCCCCC/C=C/C(O)C(CO)NC(=O)CCCCCCCCCCCCCCCCCCOC(=O)CCCCCCCCCCCCCC. The molecule has 0 aromatic heterocycles. The fraction of sp³-hybridized carbons (Fsp3) is 0.926. The van der Waals surface area contributed by atoms with Gasteiger partial charge in [0.15, 0.2) is 0 Å². The van der Waals surface area contributed by atoms with Crippen molar-refractivity contribution < 1.29 is 24.5 Å². The van der Waals surface area contributed by atoms with E-state index >= 15 is 0 Å². The predicted molar refractivity (Wildman–Crippen MR) is 260 cm³/mol. The van der Waals surface area contributed by atoms with Crippen molar-refractivity contribution in [3.63, 3.8) is 0 Å². The number of ether oxygens (including phenoxy) is 1. The van der Waals surface area contributed by atoms with Crippen molar-refractivity contribution in [2.45, 2.75) is 309 Å². The van der Waals surface area contributed by atoms with Gasteiger partial charge in [-0.05, 0) is 32.1 Å². The summed E-state index contributed by atoms with van der Waals surface area (Å²) in [5.74, 6) is -0.0702. The van der Waals surface area contributed by atoms with Gasteiger partial charge in [-0.2, -0.15) is 0 Å². The molecule has 0 aromatic carbocycles. The number of aliphatic hydroxyl groups is 2. The standard InChI is InChI=1S/C54H105NO5/c1-3-5-7-9-11-13-15-17-20-23-26-30-34-38-42-46-52(57)51(50-56)55-53(58)47-43-39-35-31-27-24-21-18-19-22-25-29-33-37-41-45-49-60-54(59)48-44-40-36-32-28-16-14-12-10-8-6-4-2/h42,46,51-52,56-57H,3-41,43-45,47-50H2,1-2H3,(H,55,58)/b46-42+. The zero-order valence-electron chi connectivity index (χ0n) is 40.5. The molecule has 0 fully saturated rings. The number of rotatable bonds is 50. The third-order valence-electron chi connectivity index (χ3n) is 12.6. The maximum atomic E-state index is 12.4. The lowest BCUT2D eigenvalue weighted by atomic mass is 10.0. The molecule has 1 amide bonds. The summed E-state index contributed by atoms with van der Waals surface area (Å²) in [7, 11) is 0. The second-order valence-electron chi connectivity index (χ2n) is 18.6. The van der Waals surface area contributed by atoms with Crippen molar-refractivity contribution in [1.82, 2.24) is 5.32 Å². The van der Waals surface area contributed by atoms with Crippen molar-refractivity contribution in [1.29, 1.82) is 0 Å². The summed E-state index contributed by atoms with van der Waals surface area (Å²) in [6.45, 7) is 4.90. The zero-order valence-corrected chi connectivity index (χ0v) is 40.5. The topological polar surface area (TPSA) is 95.9 Å². The summed E-state index contributed by atoms with van der Waals surface area (Å²) in [4.78, 5) is 24.4. The van der Waals surface area contributed by atoms with Crippen LogP contribution in [0.1, 0.15) is 296 Å². The number of esters is 1. The summed E-state index contributed by atoms with van der Waals surface area (Å²) in [5.41, 5.74) is 0. The van der Waals surface area contributed by atoms with Crippen LogP contribution in [0.2, 0.25) is 0 Å². The van der Waals surface area contributed by atoms with Gasteiger partial charge in [-0.15, -0.1) is 0 Å². The highest BCUT2D eigenvalue weighted by Crippen LogP contribution is 2.17. The van der Waals surface area contributed by atoms with Gasteiger partial charge in [-0.3, -0.25) is 9.59 Å². The smallest absolute Gasteiger partial charge is 0.305 e. The van der Waals surface area contributed by atoms with Gasteiger partial charge in [0.1, 0.15) is 0 Å². The van der Waals surface area contributed by atoms with E-state index in [4.69, 9.17) is 4.74 Å². The van der Waals surface area contributed by atoms with E-state index in [1.165, 1.54) is 225 Å². The van der Waals surface area contributed by atoms with E-state index in [-0.39, 0.29) is 18.5 Å². The molecule has 0 spiro atoms. The van der Waals surface area contributed by atoms with Crippen LogP contribution in [0.5, 0.6) is 0 Å². The van der Waals surface area contributed by atoms with Gasteiger partial charge >= 0.3 is 5.97 Å². The van der Waals surface area contributed by atoms with Gasteiger partial charge in [-0.1, -0.05) is 264 Å². The van der Waals surface area contributed by atoms with Gasteiger partial charge in [0.05, 0.1) is 25.4 Å². The molecular formula is C54H105NO5. The summed E-state index contributed by atoms with van der Waals surface area (Å²) in [6, 6.07) is -0.631. The van der Waals surface area contributed by atoms with E-state index in [0.717, 1.165) is 44.9 Å². The molecule has 0 rings (SSSR count). The molecule has 0 saturated heterocycles. The Morgan fingerprint density at radius 2 is 0.767 bits per heavy atom. The minimum absolute atomic E-state index is 0.00305. The fourth-order valence-corrected chi connectivity index (χ4v) is 8.40. The highest BCUT2D eigenvalue weighted by Gasteiger charge is 2.18. The Balaban J connectivity index is 3.45. The number of amides is 1. The van der Waals surface area contributed by atoms with Gasteiger partial charge < -0.3 is 20.3 Å². The molecule has 6 heteroatoms. The predicted octanol–water partition coefficient (Wildman–Crippen LogP) is 16.1. The van der Waals surface area contributed by atoms with Gasteiger partial charge in [0, 0.05) is 12.8 Å². The molecule has 0 aromatic rings. The summed E-state index contributed by atoms with van der Waals surface area (Å²) in [5, 5.41) is 23.1. The number of aliphatic hydroxyl groups excluding tert-OH is 2. The highest BCUT2D eigenvalue weighted by atomic mass is 16.5. The number of carbonyl (C=O) groups is 2. The van der Waals surface area contributed by atoms with E-state index in [1.807, 2.05) is 6.08 Å². The second kappa shape index (κ2) is 50.2. The Hall–Kier alpha value is -1.40. The number of hydrogen-bond acceptors (Lipinski definition) is 5. The fourth-order valence-electron chi connectivity index (χ4n) is 8.40. The summed E-state index contributed by atoms with van der Waals surface area (Å²) in [6.07, 6.45) is 57.8. The molecular weight excluding hydrogens is 743 g/mol. The van der Waals surface area contributed by atoms with Crippen LogP contribution in [0.4, 0.5) is 0 Å². The Labute approximate surface area is 374 Å². The zero-order chi connectivity index (χ0) is 43.7. The van der Waals surface area contributed by atoms with E-state index in [2.05, 4.69) is 19.2 Å². The first-order valence-corrected chi connectivity index (χ1v) is 27.0. The minimum atomic E-state index is -0.847. The number of allylic oxidation sites excluding steroid dienone is 1. The number of nitrogens with one attached hydrogen (secondary N) is 1. The molecule has 0 aliphatic carbocycles. The molecule has 0 bridgehead atoms. The summed E-state index contributed by atoms with van der Waals surface area (Å²) < 4.78 is 5.46. The van der Waals surface area contributed by atoms with E-state index in [1.54, 1.807) is 6.08 Å². The van der Waals surface area contributed by atoms with E-state index in [9.17, 15) is 19.8 Å². The monoisotopic (exact) mass is 848 g/mol. The first-order chi connectivity index (χ1) is 29.5. The molecule has 2 atom stereocenters. The molecule has 0 heterocycles. The van der Waals surface area contributed by atoms with Crippen LogP contribution >= 0.6 is 0 Å². The molecule has 2 unspecified atom stereocenters. The normalized spacial score (nSPS) is 12.7. The Morgan fingerprint density at radius 3 is 1.13 bits per heavy atom. The van der Waals surface area contributed by atoms with Crippen LogP contribution in [0.15, 0.2) is 12.2 Å². The quantitative estimate of drug-likeness (QED) is 0.0322. The van der Waals surface area contributed by atoms with Crippen molar-refractivity contribution in [3.05, 3.63) is 12.2 Å². The Kier molecular flexibility index (Phi) is 49.1. The molecule has 3 N–H and O–H groups in total. The molecule has 6 nitrogen and oxygen atoms in total. The Bertz CT molecular complexity index is 893. The molecule has 0 aliphatic heterocycles. The average Bonchev–Trinajstić information content (AvgIpc) is 3.25. The minimum Gasteiger partial charge on any atom is -0.466 e. The Morgan fingerprint density at radius 1 is 0.450 bits per heavy atom. The van der Waals surface area contributed by atoms with E-state index < -0.39 is 12.1 Å². The first kappa shape index (κ1) is 58.6. The van der Waals surface area contributed by atoms with Crippen molar-refractivity contribution in [2.24, 2.45) is 0 Å². The molecule has 0 aliphatic rings. The highest BCUT2D eigenvalue weighted by molar-refractivity contribution is 5.76. The third-order valence-corrected chi connectivity index (χ3v) is 12.6. The number of carbonyl (C=O) groups excluding carboxylic acids is 2. The largest absolute Gasteiger partial charge is 0.466 e. The third kappa shape index (κ3) is 46.1. The van der Waals surface area contributed by atoms with Crippen LogP contribution in [-0.4, -0.2) is 47.4 Å². The lowest BCUT2D eigenvalue weighted by molar-refractivity contribution is -0.143. The first-order valence-electron chi connectivity index (χ1n) is 27.0. The summed E-state index contributed by atoms with van der Waals surface area (Å²) >= 11 is 0. The lowest BCUT2D eigenvalue weighted by Gasteiger charge is -2.20. The van der Waals surface area contributed by atoms with Crippen molar-refractivity contribution in [3.8, 4) is 0 Å². The molecule has 0 saturated carbocycles. The molecule has 356 valence electrons. The second-order valence-corrected chi connectivity index (χ2v) is 18.6. The van der Waals surface area contributed by atoms with Crippen LogP contribution in [0.3, 0.4) is 0 Å². The number of hydrogen-bond donors (Lipinski definition) is 3. The van der Waals surface area contributed by atoms with E-state index in [0.29, 0.717) is 19.4 Å². The van der Waals surface area contributed by atoms with Gasteiger partial charge in [0.25, 0.3) is 0 Å².